The Kier molecular flexibility index (Phi) is 4.93. The lowest BCUT2D eigenvalue weighted by Crippen LogP contribution is -2.31. The van der Waals surface area contributed by atoms with Crippen LogP contribution in [-0.2, 0) is 11.3 Å². The zero-order valence-electron chi connectivity index (χ0n) is 14.8. The van der Waals surface area contributed by atoms with Gasteiger partial charge in [-0.05, 0) is 29.8 Å². The van der Waals surface area contributed by atoms with Crippen LogP contribution in [-0.4, -0.2) is 12.5 Å². The number of alkyl halides is 2. The average molecular weight is 381 g/mol. The Morgan fingerprint density at radius 2 is 1.50 bits per heavy atom. The minimum Gasteiger partial charge on any atom is -0.457 e. The Balaban J connectivity index is 1.52. The van der Waals surface area contributed by atoms with Crippen molar-refractivity contribution >= 4 is 5.91 Å². The highest BCUT2D eigenvalue weighted by Gasteiger charge is 2.32. The Morgan fingerprint density at radius 1 is 0.929 bits per heavy atom. The number of ether oxygens (including phenoxy) is 2. The molecular formula is C22H17F2NO3. The molecule has 0 saturated carbocycles. The fraction of sp³-hybridized carbons (Fsp3) is 0.136. The van der Waals surface area contributed by atoms with Crippen LogP contribution < -0.4 is 14.8 Å². The smallest absolute Gasteiger partial charge is 0.387 e. The van der Waals surface area contributed by atoms with Crippen molar-refractivity contribution in [1.82, 2.24) is 5.32 Å². The van der Waals surface area contributed by atoms with Crippen molar-refractivity contribution < 1.29 is 23.0 Å². The first kappa shape index (κ1) is 18.0. The van der Waals surface area contributed by atoms with Crippen molar-refractivity contribution in [2.75, 3.05) is 0 Å². The zero-order chi connectivity index (χ0) is 19.5. The van der Waals surface area contributed by atoms with Gasteiger partial charge in [0, 0.05) is 17.7 Å². The number of hydrogen-bond acceptors (Lipinski definition) is 3. The van der Waals surface area contributed by atoms with E-state index in [1.807, 2.05) is 48.5 Å². The lowest BCUT2D eigenvalue weighted by Gasteiger charge is -2.27. The molecule has 0 saturated heterocycles. The molecule has 142 valence electrons. The van der Waals surface area contributed by atoms with Crippen molar-refractivity contribution in [3.63, 3.8) is 0 Å². The maximum atomic E-state index is 13.0. The molecule has 28 heavy (non-hydrogen) atoms. The van der Waals surface area contributed by atoms with Gasteiger partial charge in [-0.2, -0.15) is 8.78 Å². The molecule has 0 fully saturated rings. The van der Waals surface area contributed by atoms with Crippen molar-refractivity contribution in [1.29, 1.82) is 0 Å². The van der Waals surface area contributed by atoms with Gasteiger partial charge in [0.1, 0.15) is 17.2 Å². The van der Waals surface area contributed by atoms with Gasteiger partial charge in [0.25, 0.3) is 0 Å². The molecule has 0 aromatic heterocycles. The molecule has 6 heteroatoms. The standard InChI is InChI=1S/C22H17F2NO3/c23-22(24)27-15-11-9-14(10-12-15)13-25-21(26)20-16-5-1-3-7-18(16)28-19-8-4-2-6-17(19)20/h1-12,20,22H,13H2,(H,25,26). The van der Waals surface area contributed by atoms with E-state index in [0.717, 1.165) is 16.7 Å². The number of rotatable bonds is 5. The van der Waals surface area contributed by atoms with Crippen molar-refractivity contribution in [3.8, 4) is 17.2 Å². The normalized spacial score (nSPS) is 12.7. The molecule has 1 heterocycles. The van der Waals surface area contributed by atoms with Gasteiger partial charge in [-0.1, -0.05) is 48.5 Å². The van der Waals surface area contributed by atoms with Crippen LogP contribution in [0.25, 0.3) is 0 Å². The summed E-state index contributed by atoms with van der Waals surface area (Å²) in [6, 6.07) is 21.1. The third kappa shape index (κ3) is 3.67. The predicted molar refractivity (Wildman–Crippen MR) is 99.7 cm³/mol. The Labute approximate surface area is 160 Å². The molecule has 0 bridgehead atoms. The summed E-state index contributed by atoms with van der Waals surface area (Å²) in [4.78, 5) is 13.0. The summed E-state index contributed by atoms with van der Waals surface area (Å²) in [7, 11) is 0. The monoisotopic (exact) mass is 381 g/mol. The topological polar surface area (TPSA) is 47.6 Å². The zero-order valence-corrected chi connectivity index (χ0v) is 14.8. The van der Waals surface area contributed by atoms with Gasteiger partial charge in [0.2, 0.25) is 5.91 Å². The highest BCUT2D eigenvalue weighted by Crippen LogP contribution is 2.43. The summed E-state index contributed by atoms with van der Waals surface area (Å²) < 4.78 is 34.7. The molecule has 3 aromatic carbocycles. The fourth-order valence-corrected chi connectivity index (χ4v) is 3.27. The Bertz CT molecular complexity index is 944. The van der Waals surface area contributed by atoms with E-state index in [1.54, 1.807) is 12.1 Å². The number of carbonyl (C=O) groups is 1. The Morgan fingerprint density at radius 3 is 2.07 bits per heavy atom. The van der Waals surface area contributed by atoms with Crippen LogP contribution in [0.5, 0.6) is 17.2 Å². The number of halogens is 2. The van der Waals surface area contributed by atoms with Crippen LogP contribution in [0, 0.1) is 0 Å². The Hall–Kier alpha value is -3.41. The van der Waals surface area contributed by atoms with Gasteiger partial charge < -0.3 is 14.8 Å². The number of amides is 1. The van der Waals surface area contributed by atoms with E-state index >= 15 is 0 Å². The molecule has 1 N–H and O–H groups in total. The third-order valence-corrected chi connectivity index (χ3v) is 4.56. The van der Waals surface area contributed by atoms with E-state index in [1.165, 1.54) is 12.1 Å². The summed E-state index contributed by atoms with van der Waals surface area (Å²) in [6.07, 6.45) is 0. The molecule has 4 rings (SSSR count). The second-order valence-electron chi connectivity index (χ2n) is 6.35. The van der Waals surface area contributed by atoms with Gasteiger partial charge in [0.15, 0.2) is 0 Å². The van der Waals surface area contributed by atoms with Gasteiger partial charge in [-0.3, -0.25) is 4.79 Å². The molecule has 0 radical (unpaired) electrons. The van der Waals surface area contributed by atoms with E-state index < -0.39 is 12.5 Å². The molecule has 0 unspecified atom stereocenters. The largest absolute Gasteiger partial charge is 0.457 e. The van der Waals surface area contributed by atoms with E-state index in [4.69, 9.17) is 4.74 Å². The second kappa shape index (κ2) is 7.68. The molecule has 1 amide bonds. The first-order valence-electron chi connectivity index (χ1n) is 8.79. The summed E-state index contributed by atoms with van der Waals surface area (Å²) in [5.41, 5.74) is 2.39. The summed E-state index contributed by atoms with van der Waals surface area (Å²) >= 11 is 0. The summed E-state index contributed by atoms with van der Waals surface area (Å²) in [5.74, 6) is 0.765. The average Bonchev–Trinajstić information content (AvgIpc) is 2.71. The molecule has 1 aliphatic heterocycles. The maximum absolute atomic E-state index is 13.0. The SMILES string of the molecule is O=C(NCc1ccc(OC(F)F)cc1)C1c2ccccc2Oc2ccccc21. The number of carbonyl (C=O) groups excluding carboxylic acids is 1. The van der Waals surface area contributed by atoms with Gasteiger partial charge in [-0.25, -0.2) is 0 Å². The lowest BCUT2D eigenvalue weighted by atomic mass is 9.87. The molecule has 0 aliphatic carbocycles. The summed E-state index contributed by atoms with van der Waals surface area (Å²) in [5, 5.41) is 2.93. The first-order valence-corrected chi connectivity index (χ1v) is 8.79. The van der Waals surface area contributed by atoms with Crippen LogP contribution in [0.4, 0.5) is 8.78 Å². The van der Waals surface area contributed by atoms with Gasteiger partial charge >= 0.3 is 6.61 Å². The van der Waals surface area contributed by atoms with Crippen LogP contribution in [0.3, 0.4) is 0 Å². The highest BCUT2D eigenvalue weighted by atomic mass is 19.3. The van der Waals surface area contributed by atoms with E-state index in [0.29, 0.717) is 11.5 Å². The van der Waals surface area contributed by atoms with Crippen LogP contribution in [0.1, 0.15) is 22.6 Å². The maximum Gasteiger partial charge on any atom is 0.387 e. The molecule has 0 spiro atoms. The van der Waals surface area contributed by atoms with Crippen LogP contribution >= 0.6 is 0 Å². The van der Waals surface area contributed by atoms with Gasteiger partial charge in [-0.15, -0.1) is 0 Å². The van der Waals surface area contributed by atoms with Crippen molar-refractivity contribution in [2.45, 2.75) is 19.1 Å². The van der Waals surface area contributed by atoms with Crippen LogP contribution in [0.15, 0.2) is 72.8 Å². The first-order chi connectivity index (χ1) is 13.6. The minimum atomic E-state index is -2.86. The van der Waals surface area contributed by atoms with Gasteiger partial charge in [0.05, 0.1) is 5.92 Å². The minimum absolute atomic E-state index is 0.0809. The van der Waals surface area contributed by atoms with Crippen molar-refractivity contribution in [2.24, 2.45) is 0 Å². The number of nitrogens with one attached hydrogen (secondary N) is 1. The third-order valence-electron chi connectivity index (χ3n) is 4.56. The van der Waals surface area contributed by atoms with E-state index in [-0.39, 0.29) is 18.2 Å². The summed E-state index contributed by atoms with van der Waals surface area (Å²) in [6.45, 7) is -2.59. The quantitative estimate of drug-likeness (QED) is 0.688. The molecular weight excluding hydrogens is 364 g/mol. The molecule has 1 aliphatic rings. The highest BCUT2D eigenvalue weighted by molar-refractivity contribution is 5.89. The number of fused-ring (bicyclic) bond motifs is 2. The fourth-order valence-electron chi connectivity index (χ4n) is 3.27. The second-order valence-corrected chi connectivity index (χ2v) is 6.35. The van der Waals surface area contributed by atoms with E-state index in [2.05, 4.69) is 10.1 Å². The number of para-hydroxylation sites is 2. The lowest BCUT2D eigenvalue weighted by molar-refractivity contribution is -0.122. The van der Waals surface area contributed by atoms with Crippen molar-refractivity contribution in [3.05, 3.63) is 89.5 Å². The molecule has 4 nitrogen and oxygen atoms in total. The molecule has 0 atom stereocenters. The number of benzene rings is 3. The predicted octanol–water partition coefficient (Wildman–Crippen LogP) is 4.84. The number of hydrogen-bond donors (Lipinski definition) is 1. The van der Waals surface area contributed by atoms with Crippen LogP contribution in [0.2, 0.25) is 0 Å². The van der Waals surface area contributed by atoms with E-state index in [9.17, 15) is 13.6 Å². The molecule has 3 aromatic rings.